The predicted molar refractivity (Wildman–Crippen MR) is 69.9 cm³/mol. The van der Waals surface area contributed by atoms with Crippen LogP contribution in [0.4, 0.5) is 0 Å². The molecule has 0 fully saturated rings. The summed E-state index contributed by atoms with van der Waals surface area (Å²) >= 11 is 0. The van der Waals surface area contributed by atoms with Crippen LogP contribution in [0.15, 0.2) is 12.4 Å². The van der Waals surface area contributed by atoms with Gasteiger partial charge < -0.3 is 10.1 Å². The molecule has 0 spiro atoms. The SMILES string of the molecule is CCCC(OCC)C(NCC)c1cnn(C)c1. The molecule has 0 saturated carbocycles. The molecule has 1 rings (SSSR count). The summed E-state index contributed by atoms with van der Waals surface area (Å²) in [6.07, 6.45) is 6.42. The molecule has 4 heteroatoms. The zero-order chi connectivity index (χ0) is 12.7. The summed E-state index contributed by atoms with van der Waals surface area (Å²) in [5, 5.41) is 7.75. The lowest BCUT2D eigenvalue weighted by molar-refractivity contribution is 0.0280. The molecule has 1 aromatic heterocycles. The van der Waals surface area contributed by atoms with E-state index in [-0.39, 0.29) is 12.1 Å². The highest BCUT2D eigenvalue weighted by Gasteiger charge is 2.23. The van der Waals surface area contributed by atoms with E-state index in [1.807, 2.05) is 17.9 Å². The van der Waals surface area contributed by atoms with Crippen LogP contribution < -0.4 is 5.32 Å². The predicted octanol–water partition coefficient (Wildman–Crippen LogP) is 2.28. The molecule has 0 aliphatic rings. The number of ether oxygens (including phenoxy) is 1. The molecule has 1 aromatic rings. The Hall–Kier alpha value is -0.870. The van der Waals surface area contributed by atoms with Crippen molar-refractivity contribution in [1.82, 2.24) is 15.1 Å². The molecule has 2 unspecified atom stereocenters. The van der Waals surface area contributed by atoms with Crippen LogP contribution in [0.2, 0.25) is 0 Å². The number of nitrogens with zero attached hydrogens (tertiary/aromatic N) is 2. The molecule has 17 heavy (non-hydrogen) atoms. The van der Waals surface area contributed by atoms with Crippen LogP contribution >= 0.6 is 0 Å². The van der Waals surface area contributed by atoms with E-state index in [0.29, 0.717) is 0 Å². The first kappa shape index (κ1) is 14.2. The molecule has 0 aliphatic heterocycles. The van der Waals surface area contributed by atoms with Gasteiger partial charge in [0.05, 0.1) is 18.3 Å². The highest BCUT2D eigenvalue weighted by Crippen LogP contribution is 2.22. The first-order chi connectivity index (χ1) is 8.22. The molecule has 1 heterocycles. The second-order valence-electron chi connectivity index (χ2n) is 4.27. The fourth-order valence-electron chi connectivity index (χ4n) is 2.13. The monoisotopic (exact) mass is 239 g/mol. The maximum absolute atomic E-state index is 5.86. The van der Waals surface area contributed by atoms with Crippen LogP contribution in [0.25, 0.3) is 0 Å². The Morgan fingerprint density at radius 2 is 2.18 bits per heavy atom. The van der Waals surface area contributed by atoms with Crippen LogP contribution in [0.3, 0.4) is 0 Å². The minimum Gasteiger partial charge on any atom is -0.377 e. The maximum atomic E-state index is 5.86. The number of hydrogen-bond donors (Lipinski definition) is 1. The average Bonchev–Trinajstić information content (AvgIpc) is 2.72. The van der Waals surface area contributed by atoms with Crippen LogP contribution in [0, 0.1) is 0 Å². The molecular formula is C13H25N3O. The molecule has 4 nitrogen and oxygen atoms in total. The van der Waals surface area contributed by atoms with Gasteiger partial charge in [0.2, 0.25) is 0 Å². The van der Waals surface area contributed by atoms with Crippen LogP contribution in [-0.4, -0.2) is 29.0 Å². The Balaban J connectivity index is 2.80. The summed E-state index contributed by atoms with van der Waals surface area (Å²) in [6, 6.07) is 0.244. The summed E-state index contributed by atoms with van der Waals surface area (Å²) in [6.45, 7) is 8.06. The van der Waals surface area contributed by atoms with Gasteiger partial charge >= 0.3 is 0 Å². The normalized spacial score (nSPS) is 14.8. The highest BCUT2D eigenvalue weighted by atomic mass is 16.5. The molecule has 98 valence electrons. The van der Waals surface area contributed by atoms with Crippen molar-refractivity contribution in [1.29, 1.82) is 0 Å². The molecule has 1 N–H and O–H groups in total. The molecular weight excluding hydrogens is 214 g/mol. The third-order valence-electron chi connectivity index (χ3n) is 2.83. The number of hydrogen-bond acceptors (Lipinski definition) is 3. The number of rotatable bonds is 8. The number of aryl methyl sites for hydroxylation is 1. The van der Waals surface area contributed by atoms with Crippen LogP contribution in [-0.2, 0) is 11.8 Å². The Morgan fingerprint density at radius 1 is 1.41 bits per heavy atom. The number of nitrogens with one attached hydrogen (secondary N) is 1. The van der Waals surface area contributed by atoms with E-state index >= 15 is 0 Å². The van der Waals surface area contributed by atoms with Gasteiger partial charge in [-0.15, -0.1) is 0 Å². The quantitative estimate of drug-likeness (QED) is 0.756. The third-order valence-corrected chi connectivity index (χ3v) is 2.83. The molecule has 0 aliphatic carbocycles. The van der Waals surface area contributed by atoms with E-state index in [9.17, 15) is 0 Å². The number of likely N-dealkylation sites (N-methyl/N-ethyl adjacent to an activating group) is 1. The molecule has 0 aromatic carbocycles. The largest absolute Gasteiger partial charge is 0.377 e. The van der Waals surface area contributed by atoms with Crippen LogP contribution in [0.5, 0.6) is 0 Å². The molecule has 0 bridgehead atoms. The minimum atomic E-state index is 0.231. The van der Waals surface area contributed by atoms with Crippen molar-refractivity contribution in [3.63, 3.8) is 0 Å². The fourth-order valence-corrected chi connectivity index (χ4v) is 2.13. The van der Waals surface area contributed by atoms with Crippen molar-refractivity contribution >= 4 is 0 Å². The van der Waals surface area contributed by atoms with E-state index in [1.165, 1.54) is 5.56 Å². The van der Waals surface area contributed by atoms with Crippen molar-refractivity contribution in [3.8, 4) is 0 Å². The first-order valence-electron chi connectivity index (χ1n) is 6.56. The Bertz CT molecular complexity index is 305. The molecule has 0 amide bonds. The Labute approximate surface area is 104 Å². The first-order valence-corrected chi connectivity index (χ1v) is 6.56. The Kier molecular flexibility index (Phi) is 6.22. The van der Waals surface area contributed by atoms with E-state index in [0.717, 1.165) is 26.0 Å². The van der Waals surface area contributed by atoms with Crippen LogP contribution in [0.1, 0.15) is 45.2 Å². The lowest BCUT2D eigenvalue weighted by Crippen LogP contribution is -2.33. The van der Waals surface area contributed by atoms with Gasteiger partial charge in [-0.3, -0.25) is 4.68 Å². The van der Waals surface area contributed by atoms with E-state index in [2.05, 4.69) is 37.4 Å². The van der Waals surface area contributed by atoms with E-state index < -0.39 is 0 Å². The zero-order valence-corrected chi connectivity index (χ0v) is 11.4. The van der Waals surface area contributed by atoms with Crippen molar-refractivity contribution in [3.05, 3.63) is 18.0 Å². The van der Waals surface area contributed by atoms with E-state index in [4.69, 9.17) is 4.74 Å². The smallest absolute Gasteiger partial charge is 0.0770 e. The van der Waals surface area contributed by atoms with Crippen molar-refractivity contribution in [2.45, 2.75) is 45.8 Å². The van der Waals surface area contributed by atoms with Gasteiger partial charge in [0.15, 0.2) is 0 Å². The van der Waals surface area contributed by atoms with Gasteiger partial charge in [0.1, 0.15) is 0 Å². The van der Waals surface area contributed by atoms with Crippen molar-refractivity contribution < 1.29 is 4.74 Å². The Morgan fingerprint density at radius 3 is 2.65 bits per heavy atom. The maximum Gasteiger partial charge on any atom is 0.0770 e. The van der Waals surface area contributed by atoms with Gasteiger partial charge in [-0.1, -0.05) is 20.3 Å². The van der Waals surface area contributed by atoms with E-state index in [1.54, 1.807) is 0 Å². The van der Waals surface area contributed by atoms with Crippen molar-refractivity contribution in [2.75, 3.05) is 13.2 Å². The fraction of sp³-hybridized carbons (Fsp3) is 0.769. The topological polar surface area (TPSA) is 39.1 Å². The molecule has 2 atom stereocenters. The highest BCUT2D eigenvalue weighted by molar-refractivity contribution is 5.12. The van der Waals surface area contributed by atoms with Gasteiger partial charge in [-0.25, -0.2) is 0 Å². The minimum absolute atomic E-state index is 0.231. The van der Waals surface area contributed by atoms with Gasteiger partial charge in [-0.2, -0.15) is 5.10 Å². The summed E-state index contributed by atoms with van der Waals surface area (Å²) in [4.78, 5) is 0. The summed E-state index contributed by atoms with van der Waals surface area (Å²) in [5.74, 6) is 0. The lowest BCUT2D eigenvalue weighted by Gasteiger charge is -2.26. The lowest BCUT2D eigenvalue weighted by atomic mass is 10.0. The number of aromatic nitrogens is 2. The zero-order valence-electron chi connectivity index (χ0n) is 11.4. The van der Waals surface area contributed by atoms with Crippen molar-refractivity contribution in [2.24, 2.45) is 7.05 Å². The standard InChI is InChI=1S/C13H25N3O/c1-5-8-12(17-7-3)13(14-6-2)11-9-15-16(4)10-11/h9-10,12-14H,5-8H2,1-4H3. The second kappa shape index (κ2) is 7.45. The molecule has 0 radical (unpaired) electrons. The van der Waals surface area contributed by atoms with Gasteiger partial charge in [0, 0.05) is 25.4 Å². The third kappa shape index (κ3) is 4.13. The summed E-state index contributed by atoms with van der Waals surface area (Å²) in [5.41, 5.74) is 1.21. The molecule has 0 saturated heterocycles. The van der Waals surface area contributed by atoms with Gasteiger partial charge in [-0.05, 0) is 19.9 Å². The van der Waals surface area contributed by atoms with Gasteiger partial charge in [0.25, 0.3) is 0 Å². The second-order valence-corrected chi connectivity index (χ2v) is 4.27. The average molecular weight is 239 g/mol. The summed E-state index contributed by atoms with van der Waals surface area (Å²) < 4.78 is 7.70. The summed E-state index contributed by atoms with van der Waals surface area (Å²) in [7, 11) is 1.95.